The molecule has 0 saturated carbocycles. The molecular weight excluding hydrogens is 332 g/mol. The number of carbonyl (C=O) groups excluding carboxylic acids is 2. The van der Waals surface area contributed by atoms with Crippen molar-refractivity contribution in [2.75, 3.05) is 19.7 Å². The molecule has 26 heavy (non-hydrogen) atoms. The summed E-state index contributed by atoms with van der Waals surface area (Å²) in [5, 5.41) is 5.05. The molecule has 0 aromatic carbocycles. The van der Waals surface area contributed by atoms with Crippen LogP contribution >= 0.6 is 0 Å². The molecule has 2 heterocycles. The van der Waals surface area contributed by atoms with Crippen molar-refractivity contribution in [2.24, 2.45) is 0 Å². The first-order valence-electron chi connectivity index (χ1n) is 8.40. The minimum Gasteiger partial charge on any atom is -0.452 e. The fraction of sp³-hybridized carbons (Fsp3) is 0.368. The average molecular weight is 356 g/mol. The van der Waals surface area contributed by atoms with Gasteiger partial charge < -0.3 is 9.64 Å². The number of hydrogen-bond donors (Lipinski definition) is 0. The molecular formula is C19H24N4O3. The van der Waals surface area contributed by atoms with Crippen LogP contribution in [0.2, 0.25) is 0 Å². The minimum atomic E-state index is -0.584. The predicted molar refractivity (Wildman–Crippen MR) is 99.9 cm³/mol. The van der Waals surface area contributed by atoms with Crippen molar-refractivity contribution >= 4 is 22.9 Å². The van der Waals surface area contributed by atoms with Crippen LogP contribution in [0.3, 0.4) is 0 Å². The van der Waals surface area contributed by atoms with E-state index in [1.54, 1.807) is 36.0 Å². The first kappa shape index (κ1) is 19.4. The molecule has 0 spiro atoms. The maximum absolute atomic E-state index is 12.4. The van der Waals surface area contributed by atoms with Crippen LogP contribution in [0.25, 0.3) is 11.0 Å². The first-order valence-corrected chi connectivity index (χ1v) is 8.40. The van der Waals surface area contributed by atoms with Gasteiger partial charge in [0.1, 0.15) is 0 Å². The van der Waals surface area contributed by atoms with Gasteiger partial charge >= 0.3 is 5.97 Å². The molecule has 0 atom stereocenters. The van der Waals surface area contributed by atoms with Gasteiger partial charge in [-0.05, 0) is 26.8 Å². The van der Waals surface area contributed by atoms with E-state index < -0.39 is 5.97 Å². The summed E-state index contributed by atoms with van der Waals surface area (Å²) in [5.41, 5.74) is 1.58. The molecule has 0 fully saturated rings. The highest BCUT2D eigenvalue weighted by molar-refractivity contribution is 5.95. The van der Waals surface area contributed by atoms with Crippen LogP contribution in [-0.2, 0) is 9.53 Å². The Labute approximate surface area is 153 Å². The lowest BCUT2D eigenvalue weighted by molar-refractivity contribution is -0.133. The third-order valence-electron chi connectivity index (χ3n) is 3.85. The summed E-state index contributed by atoms with van der Waals surface area (Å²) in [6.45, 7) is 13.4. The third kappa shape index (κ3) is 4.17. The topological polar surface area (TPSA) is 77.3 Å². The number of hydrogen-bond acceptors (Lipinski definition) is 5. The second-order valence-corrected chi connectivity index (χ2v) is 6.17. The van der Waals surface area contributed by atoms with E-state index in [4.69, 9.17) is 4.74 Å². The van der Waals surface area contributed by atoms with Crippen LogP contribution in [0.4, 0.5) is 0 Å². The zero-order valence-electron chi connectivity index (χ0n) is 15.4. The van der Waals surface area contributed by atoms with Crippen molar-refractivity contribution in [3.63, 3.8) is 0 Å². The molecule has 0 aliphatic carbocycles. The fourth-order valence-corrected chi connectivity index (χ4v) is 2.54. The summed E-state index contributed by atoms with van der Waals surface area (Å²) in [6, 6.07) is 1.86. The number of ether oxygens (including phenoxy) is 1. The summed E-state index contributed by atoms with van der Waals surface area (Å²) in [5.74, 6) is -0.892. The minimum absolute atomic E-state index is 0.163. The van der Waals surface area contributed by atoms with E-state index >= 15 is 0 Å². The van der Waals surface area contributed by atoms with Gasteiger partial charge in [-0.1, -0.05) is 12.2 Å². The van der Waals surface area contributed by atoms with E-state index in [1.807, 2.05) is 13.8 Å². The number of nitrogens with zero attached hydrogens (tertiary/aromatic N) is 4. The maximum atomic E-state index is 12.4. The Morgan fingerprint density at radius 2 is 1.96 bits per heavy atom. The first-order chi connectivity index (χ1) is 12.4. The summed E-state index contributed by atoms with van der Waals surface area (Å²) >= 11 is 0. The Morgan fingerprint density at radius 3 is 2.54 bits per heavy atom. The van der Waals surface area contributed by atoms with Crippen molar-refractivity contribution < 1.29 is 14.3 Å². The van der Waals surface area contributed by atoms with Gasteiger partial charge in [-0.3, -0.25) is 4.79 Å². The average Bonchev–Trinajstić information content (AvgIpc) is 3.01. The smallest absolute Gasteiger partial charge is 0.340 e. The van der Waals surface area contributed by atoms with Gasteiger partial charge in [0.25, 0.3) is 5.91 Å². The standard InChI is InChI=1S/C19H24N4O3/c1-6-8-22(9-7-2)17(24)12-26-19(25)16-10-15-11-20-23(13(3)4)18(15)21-14(16)5/h6-7,10-11,13H,1-2,8-9,12H2,3-5H3. The van der Waals surface area contributed by atoms with Crippen LogP contribution in [0.15, 0.2) is 37.6 Å². The Morgan fingerprint density at radius 1 is 1.31 bits per heavy atom. The van der Waals surface area contributed by atoms with E-state index in [1.165, 1.54) is 4.90 Å². The Kier molecular flexibility index (Phi) is 6.27. The maximum Gasteiger partial charge on any atom is 0.340 e. The van der Waals surface area contributed by atoms with Gasteiger partial charge in [-0.15, -0.1) is 13.2 Å². The van der Waals surface area contributed by atoms with Crippen LogP contribution in [0.1, 0.15) is 35.9 Å². The normalized spacial score (nSPS) is 10.8. The second kappa shape index (κ2) is 8.42. The summed E-state index contributed by atoms with van der Waals surface area (Å²) in [4.78, 5) is 30.5. The van der Waals surface area contributed by atoms with Crippen molar-refractivity contribution in [2.45, 2.75) is 26.8 Å². The Balaban J connectivity index is 2.14. The number of aryl methyl sites for hydroxylation is 1. The lowest BCUT2D eigenvalue weighted by Crippen LogP contribution is -2.35. The number of fused-ring (bicyclic) bond motifs is 1. The summed E-state index contributed by atoms with van der Waals surface area (Å²) in [7, 11) is 0. The second-order valence-electron chi connectivity index (χ2n) is 6.17. The molecule has 0 aliphatic rings. The fourth-order valence-electron chi connectivity index (χ4n) is 2.54. The molecule has 0 bridgehead atoms. The number of rotatable bonds is 8. The van der Waals surface area contributed by atoms with Crippen LogP contribution in [0, 0.1) is 6.92 Å². The molecule has 7 heteroatoms. The highest BCUT2D eigenvalue weighted by Crippen LogP contribution is 2.19. The van der Waals surface area contributed by atoms with Crippen molar-refractivity contribution in [1.29, 1.82) is 0 Å². The molecule has 0 saturated heterocycles. The molecule has 0 unspecified atom stereocenters. The number of carbonyl (C=O) groups is 2. The molecule has 1 amide bonds. The summed E-state index contributed by atoms with van der Waals surface area (Å²) < 4.78 is 6.98. The van der Waals surface area contributed by atoms with E-state index in [2.05, 4.69) is 23.2 Å². The quantitative estimate of drug-likeness (QED) is 0.537. The van der Waals surface area contributed by atoms with E-state index in [0.29, 0.717) is 30.0 Å². The highest BCUT2D eigenvalue weighted by atomic mass is 16.5. The third-order valence-corrected chi connectivity index (χ3v) is 3.85. The SMILES string of the molecule is C=CCN(CC=C)C(=O)COC(=O)c1cc2cnn(C(C)C)c2nc1C. The largest absolute Gasteiger partial charge is 0.452 e. The van der Waals surface area contributed by atoms with Crippen LogP contribution in [0.5, 0.6) is 0 Å². The Hall–Kier alpha value is -2.96. The van der Waals surface area contributed by atoms with E-state index in [9.17, 15) is 9.59 Å². The lowest BCUT2D eigenvalue weighted by atomic mass is 10.2. The number of esters is 1. The zero-order valence-corrected chi connectivity index (χ0v) is 15.4. The van der Waals surface area contributed by atoms with Gasteiger partial charge in [0.2, 0.25) is 0 Å². The zero-order chi connectivity index (χ0) is 19.3. The van der Waals surface area contributed by atoms with Gasteiger partial charge in [-0.25, -0.2) is 14.5 Å². The van der Waals surface area contributed by atoms with E-state index in [0.717, 1.165) is 5.39 Å². The van der Waals surface area contributed by atoms with Gasteiger partial charge in [0, 0.05) is 24.5 Å². The van der Waals surface area contributed by atoms with Crippen molar-refractivity contribution in [1.82, 2.24) is 19.7 Å². The molecule has 0 radical (unpaired) electrons. The van der Waals surface area contributed by atoms with Crippen LogP contribution < -0.4 is 0 Å². The predicted octanol–water partition coefficient (Wildman–Crippen LogP) is 2.68. The van der Waals surface area contributed by atoms with Gasteiger partial charge in [0.05, 0.1) is 17.5 Å². The molecule has 2 aromatic rings. The monoisotopic (exact) mass is 356 g/mol. The molecule has 7 nitrogen and oxygen atoms in total. The molecule has 0 N–H and O–H groups in total. The molecule has 0 aliphatic heterocycles. The Bertz CT molecular complexity index is 829. The molecule has 138 valence electrons. The number of aromatic nitrogens is 3. The molecule has 2 aromatic heterocycles. The lowest BCUT2D eigenvalue weighted by Gasteiger charge is -2.19. The van der Waals surface area contributed by atoms with Gasteiger partial charge in [-0.2, -0.15) is 5.10 Å². The number of amides is 1. The van der Waals surface area contributed by atoms with Crippen molar-refractivity contribution in [3.8, 4) is 0 Å². The van der Waals surface area contributed by atoms with E-state index in [-0.39, 0.29) is 18.6 Å². The number of pyridine rings is 1. The van der Waals surface area contributed by atoms with Crippen molar-refractivity contribution in [3.05, 3.63) is 48.8 Å². The summed E-state index contributed by atoms with van der Waals surface area (Å²) in [6.07, 6.45) is 4.88. The highest BCUT2D eigenvalue weighted by Gasteiger charge is 2.19. The molecule has 2 rings (SSSR count). The van der Waals surface area contributed by atoms with Gasteiger partial charge in [0.15, 0.2) is 12.3 Å². The van der Waals surface area contributed by atoms with Crippen LogP contribution in [-0.4, -0.2) is 51.2 Å².